The Morgan fingerprint density at radius 1 is 1.57 bits per heavy atom. The van der Waals surface area contributed by atoms with E-state index in [1.54, 1.807) is 0 Å². The number of halogens is 1. The first-order valence-electron chi connectivity index (χ1n) is 2.38. The van der Waals surface area contributed by atoms with Crippen LogP contribution in [0.2, 0.25) is 0 Å². The minimum absolute atomic E-state index is 0.278. The largest absolute Gasteiger partial charge is 0.246 e. The molecule has 0 bridgehead atoms. The predicted molar refractivity (Wildman–Crippen MR) is 23.2 cm³/mol. The van der Waals surface area contributed by atoms with Crippen molar-refractivity contribution in [1.29, 1.82) is 5.26 Å². The highest BCUT2D eigenvalue weighted by molar-refractivity contribution is 4.95. The van der Waals surface area contributed by atoms with Crippen molar-refractivity contribution in [2.24, 2.45) is 5.92 Å². The van der Waals surface area contributed by atoms with Crippen LogP contribution in [0.5, 0.6) is 0 Å². The lowest BCUT2D eigenvalue weighted by atomic mass is 9.85. The van der Waals surface area contributed by atoms with Gasteiger partial charge in [0.2, 0.25) is 0 Å². The molecule has 0 aromatic carbocycles. The molecular weight excluding hydrogens is 93.1 g/mol. The third kappa shape index (κ3) is 0.584. The van der Waals surface area contributed by atoms with E-state index in [0.717, 1.165) is 6.42 Å². The molecule has 1 aliphatic rings. The standard InChI is InChI=1S/C5H6FN/c6-5-2-1-4(5)3-7/h4-5H,1-2H2. The molecule has 38 valence electrons. The van der Waals surface area contributed by atoms with Crippen molar-refractivity contribution in [2.45, 2.75) is 19.0 Å². The average molecular weight is 99.1 g/mol. The lowest BCUT2D eigenvalue weighted by Crippen LogP contribution is -2.25. The summed E-state index contributed by atoms with van der Waals surface area (Å²) < 4.78 is 12.0. The summed E-state index contributed by atoms with van der Waals surface area (Å²) in [6.07, 6.45) is 0.542. The van der Waals surface area contributed by atoms with Crippen molar-refractivity contribution in [3.63, 3.8) is 0 Å². The number of rotatable bonds is 0. The minimum Gasteiger partial charge on any atom is -0.246 e. The normalized spacial score (nSPS) is 38.9. The van der Waals surface area contributed by atoms with Gasteiger partial charge in [-0.15, -0.1) is 0 Å². The van der Waals surface area contributed by atoms with Crippen molar-refractivity contribution in [3.8, 4) is 6.07 Å². The Hall–Kier alpha value is -0.580. The van der Waals surface area contributed by atoms with E-state index in [1.807, 2.05) is 6.07 Å². The summed E-state index contributed by atoms with van der Waals surface area (Å²) in [5, 5.41) is 8.07. The molecule has 7 heavy (non-hydrogen) atoms. The maximum absolute atomic E-state index is 12.0. The van der Waals surface area contributed by atoms with E-state index in [9.17, 15) is 4.39 Å². The highest BCUT2D eigenvalue weighted by atomic mass is 19.1. The first-order chi connectivity index (χ1) is 3.34. The van der Waals surface area contributed by atoms with Gasteiger partial charge in [0.25, 0.3) is 0 Å². The summed E-state index contributed by atoms with van der Waals surface area (Å²) in [5.74, 6) is -0.278. The van der Waals surface area contributed by atoms with Crippen molar-refractivity contribution >= 4 is 0 Å². The van der Waals surface area contributed by atoms with Gasteiger partial charge in [-0.3, -0.25) is 0 Å². The number of hydrogen-bond donors (Lipinski definition) is 0. The lowest BCUT2D eigenvalue weighted by Gasteiger charge is -2.22. The molecule has 2 atom stereocenters. The molecule has 0 aromatic heterocycles. The average Bonchev–Trinajstić information content (AvgIpc) is 1.65. The van der Waals surface area contributed by atoms with Crippen LogP contribution in [-0.4, -0.2) is 6.17 Å². The maximum Gasteiger partial charge on any atom is 0.116 e. The van der Waals surface area contributed by atoms with Crippen molar-refractivity contribution in [1.82, 2.24) is 0 Å². The molecule has 2 heteroatoms. The predicted octanol–water partition coefficient (Wildman–Crippen LogP) is 1.26. The second-order valence-electron chi connectivity index (χ2n) is 1.83. The minimum atomic E-state index is -0.815. The second-order valence-corrected chi connectivity index (χ2v) is 1.83. The summed E-state index contributed by atoms with van der Waals surface area (Å²) in [4.78, 5) is 0. The van der Waals surface area contributed by atoms with Gasteiger partial charge in [-0.1, -0.05) is 0 Å². The van der Waals surface area contributed by atoms with Crippen LogP contribution in [0, 0.1) is 17.2 Å². The van der Waals surface area contributed by atoms with Crippen molar-refractivity contribution < 1.29 is 4.39 Å². The molecule has 0 aliphatic heterocycles. The molecule has 1 nitrogen and oxygen atoms in total. The summed E-state index contributed by atoms with van der Waals surface area (Å²) >= 11 is 0. The Balaban J connectivity index is 2.33. The fourth-order valence-corrected chi connectivity index (χ4v) is 0.605. The molecule has 1 rings (SSSR count). The van der Waals surface area contributed by atoms with Gasteiger partial charge in [0, 0.05) is 0 Å². The van der Waals surface area contributed by atoms with Crippen LogP contribution in [-0.2, 0) is 0 Å². The van der Waals surface area contributed by atoms with E-state index < -0.39 is 6.17 Å². The van der Waals surface area contributed by atoms with Crippen molar-refractivity contribution in [2.75, 3.05) is 0 Å². The lowest BCUT2D eigenvalue weighted by molar-refractivity contribution is 0.155. The first kappa shape index (κ1) is 4.58. The van der Waals surface area contributed by atoms with Crippen molar-refractivity contribution in [3.05, 3.63) is 0 Å². The second kappa shape index (κ2) is 1.49. The third-order valence-corrected chi connectivity index (χ3v) is 1.36. The van der Waals surface area contributed by atoms with Crippen LogP contribution < -0.4 is 0 Å². The summed E-state index contributed by atoms with van der Waals surface area (Å²) in [6.45, 7) is 0. The maximum atomic E-state index is 12.0. The Labute approximate surface area is 41.8 Å². The Kier molecular flexibility index (Phi) is 0.976. The molecule has 0 aromatic rings. The van der Waals surface area contributed by atoms with Gasteiger partial charge in [0.15, 0.2) is 0 Å². The molecule has 1 aliphatic carbocycles. The summed E-state index contributed by atoms with van der Waals surface area (Å²) in [7, 11) is 0. The molecule has 0 amide bonds. The first-order valence-corrected chi connectivity index (χ1v) is 2.38. The van der Waals surface area contributed by atoms with Crippen LogP contribution in [0.3, 0.4) is 0 Å². The van der Waals surface area contributed by atoms with E-state index in [2.05, 4.69) is 0 Å². The molecule has 1 fully saturated rings. The summed E-state index contributed by atoms with van der Waals surface area (Å²) in [6, 6.07) is 1.88. The smallest absolute Gasteiger partial charge is 0.116 e. The zero-order valence-electron chi connectivity index (χ0n) is 3.89. The van der Waals surface area contributed by atoms with Crippen LogP contribution >= 0.6 is 0 Å². The van der Waals surface area contributed by atoms with Gasteiger partial charge >= 0.3 is 0 Å². The van der Waals surface area contributed by atoms with E-state index in [-0.39, 0.29) is 5.92 Å². The molecule has 0 spiro atoms. The third-order valence-electron chi connectivity index (χ3n) is 1.36. The molecule has 2 unspecified atom stereocenters. The Morgan fingerprint density at radius 3 is 2.29 bits per heavy atom. The SMILES string of the molecule is N#CC1CCC1F. The number of alkyl halides is 1. The van der Waals surface area contributed by atoms with Gasteiger partial charge in [-0.05, 0) is 12.8 Å². The fraction of sp³-hybridized carbons (Fsp3) is 0.800. The zero-order chi connectivity index (χ0) is 5.28. The molecule has 0 radical (unpaired) electrons. The highest BCUT2D eigenvalue weighted by Crippen LogP contribution is 2.28. The molecule has 0 heterocycles. The van der Waals surface area contributed by atoms with E-state index in [1.165, 1.54) is 0 Å². The molecule has 0 N–H and O–H groups in total. The molecular formula is C5H6FN. The van der Waals surface area contributed by atoms with E-state index in [0.29, 0.717) is 6.42 Å². The highest BCUT2D eigenvalue weighted by Gasteiger charge is 2.29. The monoisotopic (exact) mass is 99.0 g/mol. The number of hydrogen-bond acceptors (Lipinski definition) is 1. The van der Waals surface area contributed by atoms with Crippen LogP contribution in [0.25, 0.3) is 0 Å². The fourth-order valence-electron chi connectivity index (χ4n) is 0.605. The van der Waals surface area contributed by atoms with Gasteiger partial charge in [0.1, 0.15) is 6.17 Å². The van der Waals surface area contributed by atoms with E-state index >= 15 is 0 Å². The summed E-state index contributed by atoms with van der Waals surface area (Å²) in [5.41, 5.74) is 0. The van der Waals surface area contributed by atoms with Gasteiger partial charge in [-0.2, -0.15) is 5.26 Å². The van der Waals surface area contributed by atoms with Gasteiger partial charge < -0.3 is 0 Å². The van der Waals surface area contributed by atoms with Crippen LogP contribution in [0.4, 0.5) is 4.39 Å². The van der Waals surface area contributed by atoms with E-state index in [4.69, 9.17) is 5.26 Å². The number of nitrogens with zero attached hydrogens (tertiary/aromatic N) is 1. The van der Waals surface area contributed by atoms with Gasteiger partial charge in [0.05, 0.1) is 12.0 Å². The Bertz CT molecular complexity index is 105. The Morgan fingerprint density at radius 2 is 2.29 bits per heavy atom. The molecule has 1 saturated carbocycles. The topological polar surface area (TPSA) is 23.8 Å². The molecule has 0 saturated heterocycles. The zero-order valence-corrected chi connectivity index (χ0v) is 3.89. The van der Waals surface area contributed by atoms with Crippen LogP contribution in [0.1, 0.15) is 12.8 Å². The van der Waals surface area contributed by atoms with Gasteiger partial charge in [-0.25, -0.2) is 4.39 Å². The quantitative estimate of drug-likeness (QED) is 0.448. The van der Waals surface area contributed by atoms with Crippen LogP contribution in [0.15, 0.2) is 0 Å². The number of nitriles is 1.